The zero-order valence-corrected chi connectivity index (χ0v) is 15.1. The highest BCUT2D eigenvalue weighted by molar-refractivity contribution is 5.94. The Labute approximate surface area is 149 Å². The van der Waals surface area contributed by atoms with Crippen LogP contribution in [0.1, 0.15) is 38.3 Å². The highest BCUT2D eigenvalue weighted by Crippen LogP contribution is 2.30. The summed E-state index contributed by atoms with van der Waals surface area (Å²) in [5, 5.41) is 13.1. The molecule has 0 atom stereocenters. The number of nitrogens with zero attached hydrogens (tertiary/aromatic N) is 2. The maximum absolute atomic E-state index is 12.0. The van der Waals surface area contributed by atoms with E-state index in [-0.39, 0.29) is 6.03 Å². The second-order valence-electron chi connectivity index (χ2n) is 6.55. The van der Waals surface area contributed by atoms with Crippen LogP contribution in [0.15, 0.2) is 24.3 Å². The fourth-order valence-electron chi connectivity index (χ4n) is 3.17. The first-order valence-electron chi connectivity index (χ1n) is 9.14. The monoisotopic (exact) mass is 341 g/mol. The Balaban J connectivity index is 1.76. The third kappa shape index (κ3) is 4.13. The van der Waals surface area contributed by atoms with Crippen molar-refractivity contribution < 1.29 is 4.79 Å². The molecular weight excluding hydrogens is 314 g/mol. The summed E-state index contributed by atoms with van der Waals surface area (Å²) in [7, 11) is 0. The molecule has 1 aliphatic heterocycles. The second-order valence-corrected chi connectivity index (χ2v) is 6.55. The summed E-state index contributed by atoms with van der Waals surface area (Å²) < 4.78 is 0. The minimum Gasteiger partial charge on any atom is -0.372 e. The Morgan fingerprint density at radius 3 is 2.60 bits per heavy atom. The summed E-state index contributed by atoms with van der Waals surface area (Å²) in [6.07, 6.45) is 4.77. The van der Waals surface area contributed by atoms with E-state index < -0.39 is 0 Å². The van der Waals surface area contributed by atoms with E-state index in [1.165, 1.54) is 24.9 Å². The molecule has 0 radical (unpaired) electrons. The fourth-order valence-corrected chi connectivity index (χ4v) is 3.17. The van der Waals surface area contributed by atoms with Crippen LogP contribution in [0.4, 0.5) is 16.2 Å². The molecule has 2 amide bonds. The van der Waals surface area contributed by atoms with Crippen LogP contribution < -0.4 is 15.5 Å². The minimum absolute atomic E-state index is 0.197. The van der Waals surface area contributed by atoms with Gasteiger partial charge in [-0.25, -0.2) is 4.79 Å². The van der Waals surface area contributed by atoms with Crippen LogP contribution in [0.5, 0.6) is 0 Å². The Morgan fingerprint density at radius 2 is 1.92 bits per heavy atom. The van der Waals surface area contributed by atoms with Gasteiger partial charge >= 0.3 is 6.03 Å². The quantitative estimate of drug-likeness (QED) is 0.772. The number of nitrogens with one attached hydrogen (secondary N) is 3. The van der Waals surface area contributed by atoms with Gasteiger partial charge in [-0.3, -0.25) is 5.10 Å². The van der Waals surface area contributed by atoms with Crippen molar-refractivity contribution in [1.82, 2.24) is 15.5 Å². The van der Waals surface area contributed by atoms with Gasteiger partial charge in [-0.1, -0.05) is 19.1 Å². The molecule has 0 bridgehead atoms. The number of amides is 2. The molecular formula is C19H27N5O. The summed E-state index contributed by atoms with van der Waals surface area (Å²) in [5.74, 6) is 0. The molecule has 3 N–H and O–H groups in total. The average Bonchev–Trinajstić information content (AvgIpc) is 3.01. The molecule has 2 heterocycles. The van der Waals surface area contributed by atoms with Crippen LogP contribution in [0.3, 0.4) is 0 Å². The van der Waals surface area contributed by atoms with E-state index in [1.54, 1.807) is 0 Å². The summed E-state index contributed by atoms with van der Waals surface area (Å²) in [4.78, 5) is 14.4. The van der Waals surface area contributed by atoms with Crippen LogP contribution in [-0.4, -0.2) is 35.9 Å². The summed E-state index contributed by atoms with van der Waals surface area (Å²) >= 11 is 0. The van der Waals surface area contributed by atoms with E-state index in [2.05, 4.69) is 50.0 Å². The van der Waals surface area contributed by atoms with E-state index in [1.807, 2.05) is 13.8 Å². The van der Waals surface area contributed by atoms with Crippen LogP contribution in [0.25, 0.3) is 11.3 Å². The number of piperidine rings is 1. The first-order chi connectivity index (χ1) is 12.2. The van der Waals surface area contributed by atoms with Gasteiger partial charge in [-0.2, -0.15) is 5.10 Å². The van der Waals surface area contributed by atoms with E-state index in [9.17, 15) is 4.79 Å². The first-order valence-corrected chi connectivity index (χ1v) is 9.14. The Hall–Kier alpha value is -2.50. The van der Waals surface area contributed by atoms with Gasteiger partial charge in [0.2, 0.25) is 0 Å². The highest BCUT2D eigenvalue weighted by Gasteiger charge is 2.16. The van der Waals surface area contributed by atoms with Gasteiger partial charge in [-0.15, -0.1) is 0 Å². The molecule has 0 saturated carbocycles. The van der Waals surface area contributed by atoms with Crippen molar-refractivity contribution in [2.24, 2.45) is 0 Å². The van der Waals surface area contributed by atoms with Crippen LogP contribution in [0, 0.1) is 6.92 Å². The Morgan fingerprint density at radius 1 is 1.20 bits per heavy atom. The predicted molar refractivity (Wildman–Crippen MR) is 102 cm³/mol. The van der Waals surface area contributed by atoms with Gasteiger partial charge < -0.3 is 15.5 Å². The highest BCUT2D eigenvalue weighted by atomic mass is 16.2. The lowest BCUT2D eigenvalue weighted by Gasteiger charge is -2.28. The summed E-state index contributed by atoms with van der Waals surface area (Å²) in [6, 6.07) is 8.25. The third-order valence-electron chi connectivity index (χ3n) is 4.58. The van der Waals surface area contributed by atoms with Crippen LogP contribution in [-0.2, 0) is 0 Å². The molecule has 6 nitrogen and oxygen atoms in total. The minimum atomic E-state index is -0.197. The number of hydrogen-bond donors (Lipinski definition) is 3. The number of aromatic nitrogens is 2. The van der Waals surface area contributed by atoms with E-state index >= 15 is 0 Å². The molecule has 0 unspecified atom stereocenters. The van der Waals surface area contributed by atoms with Gasteiger partial charge in [0.05, 0.1) is 11.4 Å². The van der Waals surface area contributed by atoms with Crippen molar-refractivity contribution in [3.05, 3.63) is 30.0 Å². The summed E-state index contributed by atoms with van der Waals surface area (Å²) in [5.41, 5.74) is 4.61. The van der Waals surface area contributed by atoms with Crippen molar-refractivity contribution in [3.8, 4) is 11.3 Å². The Bertz CT molecular complexity index is 701. The van der Waals surface area contributed by atoms with Gasteiger partial charge in [0.1, 0.15) is 5.69 Å². The molecule has 1 aromatic heterocycles. The molecule has 134 valence electrons. The number of benzene rings is 1. The van der Waals surface area contributed by atoms with Crippen molar-refractivity contribution >= 4 is 17.4 Å². The van der Waals surface area contributed by atoms with Crippen molar-refractivity contribution in [2.45, 2.75) is 39.5 Å². The van der Waals surface area contributed by atoms with Gasteiger partial charge in [-0.05, 0) is 44.7 Å². The van der Waals surface area contributed by atoms with Crippen molar-refractivity contribution in [3.63, 3.8) is 0 Å². The van der Waals surface area contributed by atoms with Gasteiger partial charge in [0.15, 0.2) is 0 Å². The smallest absolute Gasteiger partial charge is 0.319 e. The number of H-pyrrole nitrogens is 1. The zero-order chi connectivity index (χ0) is 17.6. The number of aryl methyl sites for hydroxylation is 1. The molecule has 1 aliphatic rings. The van der Waals surface area contributed by atoms with Gasteiger partial charge in [0, 0.05) is 30.9 Å². The first kappa shape index (κ1) is 17.3. The maximum atomic E-state index is 12.0. The third-order valence-corrected chi connectivity index (χ3v) is 4.58. The second kappa shape index (κ2) is 8.05. The molecule has 0 aliphatic carbocycles. The molecule has 1 saturated heterocycles. The zero-order valence-electron chi connectivity index (χ0n) is 15.1. The number of anilines is 2. The molecule has 2 aromatic rings. The molecule has 0 spiro atoms. The SMILES string of the molecule is CCCNC(=O)Nc1c(-c2ccc(N3CCCCC3)cc2)n[nH]c1C. The molecule has 1 aromatic carbocycles. The van der Waals surface area contributed by atoms with Crippen LogP contribution >= 0.6 is 0 Å². The molecule has 6 heteroatoms. The normalized spacial score (nSPS) is 14.4. The standard InChI is InChI=1S/C19H27N5O/c1-3-11-20-19(25)21-17-14(2)22-23-18(17)15-7-9-16(10-8-15)24-12-5-4-6-13-24/h7-10H,3-6,11-13H2,1-2H3,(H,22,23)(H2,20,21,25). The van der Waals surface area contributed by atoms with E-state index in [4.69, 9.17) is 0 Å². The lowest BCUT2D eigenvalue weighted by atomic mass is 10.1. The lowest BCUT2D eigenvalue weighted by Crippen LogP contribution is -2.29. The predicted octanol–water partition coefficient (Wildman–Crippen LogP) is 3.91. The van der Waals surface area contributed by atoms with Gasteiger partial charge in [0.25, 0.3) is 0 Å². The number of carbonyl (C=O) groups excluding carboxylic acids is 1. The number of rotatable bonds is 5. The largest absolute Gasteiger partial charge is 0.372 e. The maximum Gasteiger partial charge on any atom is 0.319 e. The average molecular weight is 341 g/mol. The molecule has 3 rings (SSSR count). The van der Waals surface area contributed by atoms with E-state index in [0.717, 1.165) is 42.1 Å². The van der Waals surface area contributed by atoms with Crippen molar-refractivity contribution in [2.75, 3.05) is 29.9 Å². The van der Waals surface area contributed by atoms with E-state index in [0.29, 0.717) is 6.54 Å². The topological polar surface area (TPSA) is 73.1 Å². The Kier molecular flexibility index (Phi) is 5.58. The van der Waals surface area contributed by atoms with Crippen LogP contribution in [0.2, 0.25) is 0 Å². The lowest BCUT2D eigenvalue weighted by molar-refractivity contribution is 0.252. The summed E-state index contributed by atoms with van der Waals surface area (Å²) in [6.45, 7) is 6.85. The fraction of sp³-hybridized carbons (Fsp3) is 0.474. The molecule has 1 fully saturated rings. The number of urea groups is 1. The molecule has 25 heavy (non-hydrogen) atoms. The number of carbonyl (C=O) groups is 1. The number of hydrogen-bond acceptors (Lipinski definition) is 3. The van der Waals surface area contributed by atoms with Crippen molar-refractivity contribution in [1.29, 1.82) is 0 Å². The number of aromatic amines is 1.